The van der Waals surface area contributed by atoms with Gasteiger partial charge in [0.25, 0.3) is 5.91 Å². The Morgan fingerprint density at radius 2 is 1.77 bits per heavy atom. The Bertz CT molecular complexity index is 917. The fraction of sp³-hybridized carbons (Fsp3) is 0.105. The highest BCUT2D eigenvalue weighted by atomic mass is 35.5. The van der Waals surface area contributed by atoms with Crippen molar-refractivity contribution in [1.29, 1.82) is 0 Å². The highest BCUT2D eigenvalue weighted by Crippen LogP contribution is 2.29. The molecule has 7 heteroatoms. The molecule has 3 nitrogen and oxygen atoms in total. The number of rotatable bonds is 4. The molecule has 3 aromatic rings. The minimum absolute atomic E-state index is 0.0419. The molecule has 0 aliphatic heterocycles. The molecule has 0 aliphatic carbocycles. The average Bonchev–Trinajstić information content (AvgIpc) is 3.10. The van der Waals surface area contributed by atoms with Gasteiger partial charge in [-0.25, -0.2) is 0 Å². The molecule has 1 aromatic heterocycles. The van der Waals surface area contributed by atoms with Crippen LogP contribution in [-0.2, 0) is 12.7 Å². The topological polar surface area (TPSA) is 42.2 Å². The molecule has 0 saturated carbocycles. The largest absolute Gasteiger partial charge is 0.451 e. The van der Waals surface area contributed by atoms with Gasteiger partial charge in [0.2, 0.25) is 0 Å². The molecule has 26 heavy (non-hydrogen) atoms. The highest BCUT2D eigenvalue weighted by Gasteiger charge is 2.30. The van der Waals surface area contributed by atoms with Gasteiger partial charge >= 0.3 is 6.18 Å². The van der Waals surface area contributed by atoms with E-state index in [0.29, 0.717) is 16.3 Å². The van der Waals surface area contributed by atoms with Gasteiger partial charge in [0.05, 0.1) is 5.56 Å². The van der Waals surface area contributed by atoms with Crippen molar-refractivity contribution in [2.45, 2.75) is 12.7 Å². The molecule has 0 saturated heterocycles. The van der Waals surface area contributed by atoms with Crippen LogP contribution in [0.4, 0.5) is 13.2 Å². The highest BCUT2D eigenvalue weighted by molar-refractivity contribution is 6.30. The van der Waals surface area contributed by atoms with E-state index in [-0.39, 0.29) is 12.3 Å². The number of halogens is 4. The molecule has 0 aliphatic rings. The van der Waals surface area contributed by atoms with Gasteiger partial charge < -0.3 is 9.73 Å². The Balaban J connectivity index is 1.67. The van der Waals surface area contributed by atoms with Gasteiger partial charge in [-0.3, -0.25) is 4.79 Å². The molecule has 0 bridgehead atoms. The van der Waals surface area contributed by atoms with Gasteiger partial charge in [0.1, 0.15) is 5.76 Å². The van der Waals surface area contributed by atoms with Crippen LogP contribution in [0.1, 0.15) is 21.7 Å². The van der Waals surface area contributed by atoms with Gasteiger partial charge in [0, 0.05) is 17.1 Å². The second-order valence-electron chi connectivity index (χ2n) is 5.55. The molecule has 2 aromatic carbocycles. The van der Waals surface area contributed by atoms with Gasteiger partial charge in [-0.1, -0.05) is 23.7 Å². The summed E-state index contributed by atoms with van der Waals surface area (Å²) < 4.78 is 43.6. The third-order valence-corrected chi connectivity index (χ3v) is 3.92. The van der Waals surface area contributed by atoms with Gasteiger partial charge in [-0.05, 0) is 54.1 Å². The fourth-order valence-corrected chi connectivity index (χ4v) is 2.48. The normalized spacial score (nSPS) is 11.4. The van der Waals surface area contributed by atoms with Crippen molar-refractivity contribution < 1.29 is 22.4 Å². The summed E-state index contributed by atoms with van der Waals surface area (Å²) in [4.78, 5) is 12.2. The van der Waals surface area contributed by atoms with E-state index in [1.165, 1.54) is 18.2 Å². The zero-order chi connectivity index (χ0) is 18.7. The number of carbonyl (C=O) groups is 1. The zero-order valence-corrected chi connectivity index (χ0v) is 14.1. The molecule has 0 atom stereocenters. The number of furan rings is 1. The van der Waals surface area contributed by atoms with E-state index in [0.717, 1.165) is 17.7 Å². The molecule has 0 radical (unpaired) electrons. The van der Waals surface area contributed by atoms with Gasteiger partial charge in [-0.2, -0.15) is 13.2 Å². The lowest BCUT2D eigenvalue weighted by Crippen LogP contribution is -2.22. The lowest BCUT2D eigenvalue weighted by Gasteiger charge is -2.09. The smallest absolute Gasteiger partial charge is 0.416 e. The second kappa shape index (κ2) is 7.25. The minimum atomic E-state index is -4.42. The van der Waals surface area contributed by atoms with Crippen LogP contribution in [0.2, 0.25) is 5.02 Å². The number of amides is 1. The monoisotopic (exact) mass is 379 g/mol. The van der Waals surface area contributed by atoms with E-state index in [1.807, 2.05) is 0 Å². The van der Waals surface area contributed by atoms with E-state index >= 15 is 0 Å². The van der Waals surface area contributed by atoms with Crippen molar-refractivity contribution >= 4 is 17.5 Å². The number of hydrogen-bond donors (Lipinski definition) is 1. The lowest BCUT2D eigenvalue weighted by atomic mass is 10.1. The second-order valence-corrected chi connectivity index (χ2v) is 5.99. The van der Waals surface area contributed by atoms with Crippen molar-refractivity contribution in [1.82, 2.24) is 5.32 Å². The zero-order valence-electron chi connectivity index (χ0n) is 13.3. The third kappa shape index (κ3) is 4.26. The van der Waals surface area contributed by atoms with E-state index in [2.05, 4.69) is 5.32 Å². The van der Waals surface area contributed by atoms with Crippen LogP contribution in [0.25, 0.3) is 11.3 Å². The Kier molecular flexibility index (Phi) is 5.04. The Labute approximate surface area is 152 Å². The number of carbonyl (C=O) groups excluding carboxylic acids is 1. The molecule has 1 N–H and O–H groups in total. The summed E-state index contributed by atoms with van der Waals surface area (Å²) in [5.41, 5.74) is 0.344. The van der Waals surface area contributed by atoms with E-state index < -0.39 is 17.6 Å². The van der Waals surface area contributed by atoms with Crippen LogP contribution in [-0.4, -0.2) is 5.91 Å². The first-order valence-electron chi connectivity index (χ1n) is 7.63. The fourth-order valence-electron chi connectivity index (χ4n) is 2.36. The molecule has 1 heterocycles. The Morgan fingerprint density at radius 3 is 2.46 bits per heavy atom. The van der Waals surface area contributed by atoms with Crippen molar-refractivity contribution in [2.75, 3.05) is 0 Å². The number of alkyl halides is 3. The van der Waals surface area contributed by atoms with Crippen LogP contribution in [0.15, 0.2) is 65.1 Å². The quantitative estimate of drug-likeness (QED) is 0.645. The summed E-state index contributed by atoms with van der Waals surface area (Å²) in [7, 11) is 0. The van der Waals surface area contributed by atoms with Crippen LogP contribution in [0.3, 0.4) is 0 Å². The predicted octanol–water partition coefficient (Wildman–Crippen LogP) is 5.55. The van der Waals surface area contributed by atoms with Crippen LogP contribution in [0, 0.1) is 0 Å². The first-order valence-corrected chi connectivity index (χ1v) is 8.01. The SMILES string of the molecule is O=C(NCc1cccc(C(F)(F)F)c1)c1ccc(-c2ccc(Cl)cc2)o1. The summed E-state index contributed by atoms with van der Waals surface area (Å²) in [5, 5.41) is 3.13. The molecule has 1 amide bonds. The van der Waals surface area contributed by atoms with Crippen molar-refractivity contribution in [3.8, 4) is 11.3 Å². The maximum Gasteiger partial charge on any atom is 0.416 e. The van der Waals surface area contributed by atoms with Crippen molar-refractivity contribution in [3.05, 3.63) is 82.6 Å². The van der Waals surface area contributed by atoms with Gasteiger partial charge in [-0.15, -0.1) is 0 Å². The van der Waals surface area contributed by atoms with Crippen LogP contribution >= 0.6 is 11.6 Å². The van der Waals surface area contributed by atoms with E-state index in [9.17, 15) is 18.0 Å². The maximum absolute atomic E-state index is 12.7. The van der Waals surface area contributed by atoms with E-state index in [4.69, 9.17) is 16.0 Å². The summed E-state index contributed by atoms with van der Waals surface area (Å²) in [6, 6.07) is 14.9. The summed E-state index contributed by atoms with van der Waals surface area (Å²) in [6.07, 6.45) is -4.42. The number of nitrogens with one attached hydrogen (secondary N) is 1. The molecule has 0 spiro atoms. The maximum atomic E-state index is 12.7. The summed E-state index contributed by atoms with van der Waals surface area (Å²) >= 11 is 5.83. The summed E-state index contributed by atoms with van der Waals surface area (Å²) in [6.45, 7) is -0.0419. The molecule has 3 rings (SSSR count). The average molecular weight is 380 g/mol. The molecular weight excluding hydrogens is 367 g/mol. The lowest BCUT2D eigenvalue weighted by molar-refractivity contribution is -0.137. The summed E-state index contributed by atoms with van der Waals surface area (Å²) in [5.74, 6) is 0.0513. The van der Waals surface area contributed by atoms with Crippen LogP contribution < -0.4 is 5.32 Å². The standard InChI is InChI=1S/C19H13ClF3NO2/c20-15-6-4-13(5-7-15)16-8-9-17(26-16)18(25)24-11-12-2-1-3-14(10-12)19(21,22)23/h1-10H,11H2,(H,24,25). The third-order valence-electron chi connectivity index (χ3n) is 3.67. The molecule has 0 unspecified atom stereocenters. The predicted molar refractivity (Wildman–Crippen MR) is 91.8 cm³/mol. The van der Waals surface area contributed by atoms with E-state index in [1.54, 1.807) is 30.3 Å². The molecular formula is C19H13ClF3NO2. The Hall–Kier alpha value is -2.73. The number of benzene rings is 2. The van der Waals surface area contributed by atoms with Crippen LogP contribution in [0.5, 0.6) is 0 Å². The first kappa shape index (κ1) is 18.1. The van der Waals surface area contributed by atoms with Crippen molar-refractivity contribution in [3.63, 3.8) is 0 Å². The minimum Gasteiger partial charge on any atom is -0.451 e. The van der Waals surface area contributed by atoms with Crippen molar-refractivity contribution in [2.24, 2.45) is 0 Å². The Morgan fingerprint density at radius 1 is 1.04 bits per heavy atom. The molecule has 134 valence electrons. The number of hydrogen-bond acceptors (Lipinski definition) is 2. The first-order chi connectivity index (χ1) is 12.3. The van der Waals surface area contributed by atoms with Gasteiger partial charge in [0.15, 0.2) is 5.76 Å². The molecule has 0 fully saturated rings.